The van der Waals surface area contributed by atoms with E-state index in [9.17, 15) is 19.2 Å². The van der Waals surface area contributed by atoms with Crippen molar-refractivity contribution in [2.75, 3.05) is 18.6 Å². The number of carbonyl (C=O) groups is 4. The second-order valence-corrected chi connectivity index (χ2v) is 10.3. The van der Waals surface area contributed by atoms with E-state index in [0.717, 1.165) is 24.2 Å². The van der Waals surface area contributed by atoms with E-state index in [4.69, 9.17) is 4.74 Å². The molecule has 4 bridgehead atoms. The number of hydrogen-bond acceptors (Lipinski definition) is 5. The van der Waals surface area contributed by atoms with E-state index in [1.54, 1.807) is 23.1 Å². The average molecular weight is 451 g/mol. The molecule has 3 amide bonds. The van der Waals surface area contributed by atoms with Crippen molar-refractivity contribution in [1.29, 1.82) is 0 Å². The summed E-state index contributed by atoms with van der Waals surface area (Å²) in [5.74, 6) is 0.617. The third kappa shape index (κ3) is 3.58. The molecular weight excluding hydrogens is 420 g/mol. The van der Waals surface area contributed by atoms with Crippen LogP contribution in [0.1, 0.15) is 55.3 Å². The molecular formula is C26H30N2O5. The van der Waals surface area contributed by atoms with E-state index in [2.05, 4.69) is 6.58 Å². The monoisotopic (exact) mass is 450 g/mol. The highest BCUT2D eigenvalue weighted by Gasteiger charge is 2.57. The standard InChI is InChI=1S/C26H30N2O5/c1-3-8-27(25(32)26-13-16-9-17(14-26)11-18(10-16)15-26)21-12-22(29)28(23(21)30)20-6-4-19(5-7-20)24(31)33-2/h3-7,16-18,21H,1,8-15H2,2H3. The molecule has 1 aliphatic heterocycles. The van der Waals surface area contributed by atoms with Crippen molar-refractivity contribution in [3.63, 3.8) is 0 Å². The predicted molar refractivity (Wildman–Crippen MR) is 121 cm³/mol. The zero-order valence-electron chi connectivity index (χ0n) is 19.0. The Morgan fingerprint density at radius 1 is 1.09 bits per heavy atom. The summed E-state index contributed by atoms with van der Waals surface area (Å²) in [7, 11) is 1.30. The predicted octanol–water partition coefficient (Wildman–Crippen LogP) is 3.34. The van der Waals surface area contributed by atoms with Crippen LogP contribution >= 0.6 is 0 Å². The van der Waals surface area contributed by atoms with Gasteiger partial charge < -0.3 is 9.64 Å². The highest BCUT2D eigenvalue weighted by Crippen LogP contribution is 2.60. The van der Waals surface area contributed by atoms with E-state index in [-0.39, 0.29) is 24.8 Å². The number of amides is 3. The zero-order chi connectivity index (χ0) is 23.3. The highest BCUT2D eigenvalue weighted by molar-refractivity contribution is 6.23. The molecule has 1 aromatic rings. The summed E-state index contributed by atoms with van der Waals surface area (Å²) >= 11 is 0. The van der Waals surface area contributed by atoms with Gasteiger partial charge in [0.2, 0.25) is 11.8 Å². The van der Waals surface area contributed by atoms with Crippen molar-refractivity contribution in [3.05, 3.63) is 42.5 Å². The van der Waals surface area contributed by atoms with E-state index in [1.165, 1.54) is 38.5 Å². The molecule has 1 heterocycles. The van der Waals surface area contributed by atoms with Crippen LogP contribution in [-0.2, 0) is 19.1 Å². The van der Waals surface area contributed by atoms with Crippen LogP contribution in [0.3, 0.4) is 0 Å². The molecule has 0 spiro atoms. The fraction of sp³-hybridized carbons (Fsp3) is 0.538. The first-order chi connectivity index (χ1) is 15.8. The number of rotatable bonds is 6. The minimum Gasteiger partial charge on any atom is -0.465 e. The van der Waals surface area contributed by atoms with Gasteiger partial charge in [-0.2, -0.15) is 0 Å². The Kier molecular flexibility index (Phi) is 5.38. The average Bonchev–Trinajstić information content (AvgIpc) is 3.09. The van der Waals surface area contributed by atoms with Crippen LogP contribution in [0.5, 0.6) is 0 Å². The quantitative estimate of drug-likeness (QED) is 0.377. The van der Waals surface area contributed by atoms with Crippen molar-refractivity contribution in [2.45, 2.75) is 51.0 Å². The van der Waals surface area contributed by atoms with Crippen molar-refractivity contribution in [3.8, 4) is 0 Å². The molecule has 0 N–H and O–H groups in total. The van der Waals surface area contributed by atoms with E-state index in [0.29, 0.717) is 29.0 Å². The summed E-state index contributed by atoms with van der Waals surface area (Å²) in [4.78, 5) is 54.7. The van der Waals surface area contributed by atoms with Gasteiger partial charge in [-0.25, -0.2) is 9.69 Å². The van der Waals surface area contributed by atoms with Gasteiger partial charge in [0.05, 0.1) is 30.2 Å². The maximum Gasteiger partial charge on any atom is 0.337 e. The maximum absolute atomic E-state index is 14.0. The second-order valence-electron chi connectivity index (χ2n) is 10.3. The van der Waals surface area contributed by atoms with Crippen LogP contribution in [0.2, 0.25) is 0 Å². The lowest BCUT2D eigenvalue weighted by atomic mass is 9.49. The summed E-state index contributed by atoms with van der Waals surface area (Å²) in [5.41, 5.74) is 0.333. The molecule has 5 fully saturated rings. The van der Waals surface area contributed by atoms with Gasteiger partial charge in [0.1, 0.15) is 6.04 Å². The summed E-state index contributed by atoms with van der Waals surface area (Å²) in [6, 6.07) is 5.34. The van der Waals surface area contributed by atoms with Crippen molar-refractivity contribution in [1.82, 2.24) is 4.90 Å². The van der Waals surface area contributed by atoms with Crippen LogP contribution < -0.4 is 4.90 Å². The topological polar surface area (TPSA) is 84.0 Å². The van der Waals surface area contributed by atoms with Crippen LogP contribution in [0, 0.1) is 23.2 Å². The molecule has 7 heteroatoms. The summed E-state index contributed by atoms with van der Waals surface area (Å²) in [6.07, 6.45) is 7.99. The molecule has 6 rings (SSSR count). The fourth-order valence-corrected chi connectivity index (χ4v) is 7.16. The number of carbonyl (C=O) groups excluding carboxylic acids is 4. The second kappa shape index (κ2) is 8.12. The molecule has 1 saturated heterocycles. The van der Waals surface area contributed by atoms with Gasteiger partial charge in [-0.05, 0) is 80.5 Å². The van der Waals surface area contributed by atoms with Gasteiger partial charge in [-0.15, -0.1) is 6.58 Å². The molecule has 7 nitrogen and oxygen atoms in total. The normalized spacial score (nSPS) is 32.2. The number of benzene rings is 1. The van der Waals surface area contributed by atoms with E-state index >= 15 is 0 Å². The number of hydrogen-bond donors (Lipinski definition) is 0. The van der Waals surface area contributed by atoms with Gasteiger partial charge in [-0.3, -0.25) is 14.4 Å². The lowest BCUT2D eigenvalue weighted by molar-refractivity contribution is -0.160. The van der Waals surface area contributed by atoms with Gasteiger partial charge in [-0.1, -0.05) is 6.08 Å². The molecule has 1 aromatic carbocycles. The minimum atomic E-state index is -0.823. The molecule has 1 atom stereocenters. The first-order valence-corrected chi connectivity index (χ1v) is 11.8. The lowest BCUT2D eigenvalue weighted by Gasteiger charge is -2.56. The van der Waals surface area contributed by atoms with E-state index < -0.39 is 23.3 Å². The smallest absolute Gasteiger partial charge is 0.337 e. The number of anilines is 1. The first kappa shape index (κ1) is 21.9. The first-order valence-electron chi connectivity index (χ1n) is 11.8. The Morgan fingerprint density at radius 2 is 1.67 bits per heavy atom. The number of ether oxygens (including phenoxy) is 1. The molecule has 5 aliphatic rings. The maximum atomic E-state index is 14.0. The molecule has 4 saturated carbocycles. The van der Waals surface area contributed by atoms with Gasteiger partial charge >= 0.3 is 5.97 Å². The van der Waals surface area contributed by atoms with Crippen LogP contribution in [0.4, 0.5) is 5.69 Å². The molecule has 174 valence electrons. The third-order valence-corrected chi connectivity index (χ3v) is 8.12. The number of esters is 1. The van der Waals surface area contributed by atoms with Crippen molar-refractivity contribution in [2.24, 2.45) is 23.2 Å². The third-order valence-electron chi connectivity index (χ3n) is 8.12. The highest BCUT2D eigenvalue weighted by atomic mass is 16.5. The van der Waals surface area contributed by atoms with Gasteiger partial charge in [0.25, 0.3) is 5.91 Å². The molecule has 0 radical (unpaired) electrons. The Labute approximate surface area is 193 Å². The van der Waals surface area contributed by atoms with Crippen molar-refractivity contribution < 1.29 is 23.9 Å². The Morgan fingerprint density at radius 3 is 2.18 bits per heavy atom. The summed E-state index contributed by atoms with van der Waals surface area (Å²) in [6.45, 7) is 4.06. The molecule has 0 aromatic heterocycles. The van der Waals surface area contributed by atoms with Crippen LogP contribution in [0.15, 0.2) is 36.9 Å². The Bertz CT molecular complexity index is 979. The largest absolute Gasteiger partial charge is 0.465 e. The summed E-state index contributed by atoms with van der Waals surface area (Å²) < 4.78 is 4.71. The molecule has 4 aliphatic carbocycles. The fourth-order valence-electron chi connectivity index (χ4n) is 7.16. The molecule has 33 heavy (non-hydrogen) atoms. The van der Waals surface area contributed by atoms with Gasteiger partial charge in [0, 0.05) is 6.54 Å². The Hall–Kier alpha value is -2.96. The van der Waals surface area contributed by atoms with Crippen LogP contribution in [-0.4, -0.2) is 48.3 Å². The Balaban J connectivity index is 1.39. The number of methoxy groups -OCH3 is 1. The number of nitrogens with zero attached hydrogens (tertiary/aromatic N) is 2. The molecule has 1 unspecified atom stereocenters. The zero-order valence-corrected chi connectivity index (χ0v) is 19.0. The lowest BCUT2D eigenvalue weighted by Crippen LogP contribution is -2.57. The SMILES string of the molecule is C=CCN(C(=O)C12CC3CC(CC(C3)C1)C2)C1CC(=O)N(c2ccc(C(=O)OC)cc2)C1=O. The van der Waals surface area contributed by atoms with Crippen molar-refractivity contribution >= 4 is 29.4 Å². The van der Waals surface area contributed by atoms with E-state index in [1.807, 2.05) is 0 Å². The minimum absolute atomic E-state index is 0.0236. The summed E-state index contributed by atoms with van der Waals surface area (Å²) in [5, 5.41) is 0. The van der Waals surface area contributed by atoms with Crippen LogP contribution in [0.25, 0.3) is 0 Å². The number of imide groups is 1. The van der Waals surface area contributed by atoms with Gasteiger partial charge in [0.15, 0.2) is 0 Å².